The predicted molar refractivity (Wildman–Crippen MR) is 83.8 cm³/mol. The van der Waals surface area contributed by atoms with Gasteiger partial charge in [0, 0.05) is 6.07 Å². The molecular formula is C17H19N3O3. The molecule has 0 fully saturated rings. The molecule has 6 nitrogen and oxygen atoms in total. The van der Waals surface area contributed by atoms with E-state index in [0.717, 1.165) is 29.8 Å². The lowest BCUT2D eigenvalue weighted by atomic mass is 9.95. The van der Waals surface area contributed by atoms with Crippen molar-refractivity contribution < 1.29 is 14.3 Å². The highest BCUT2D eigenvalue weighted by atomic mass is 16.5. The first-order valence-electron chi connectivity index (χ1n) is 7.85. The van der Waals surface area contributed by atoms with Crippen LogP contribution >= 0.6 is 0 Å². The molecular weight excluding hydrogens is 294 g/mol. The van der Waals surface area contributed by atoms with Crippen LogP contribution in [0.2, 0.25) is 0 Å². The molecule has 1 aromatic carbocycles. The van der Waals surface area contributed by atoms with Gasteiger partial charge < -0.3 is 9.47 Å². The van der Waals surface area contributed by atoms with E-state index in [-0.39, 0.29) is 17.9 Å². The summed E-state index contributed by atoms with van der Waals surface area (Å²) in [6, 6.07) is 5.65. The maximum atomic E-state index is 11.6. The third-order valence-electron chi connectivity index (χ3n) is 3.91. The van der Waals surface area contributed by atoms with E-state index in [0.29, 0.717) is 17.9 Å². The fourth-order valence-corrected chi connectivity index (χ4v) is 2.67. The average Bonchev–Trinajstić information content (AvgIpc) is 2.54. The second-order valence-corrected chi connectivity index (χ2v) is 5.58. The molecule has 0 saturated heterocycles. The third kappa shape index (κ3) is 3.16. The third-order valence-corrected chi connectivity index (χ3v) is 3.91. The van der Waals surface area contributed by atoms with Crippen molar-refractivity contribution in [2.45, 2.75) is 46.0 Å². The molecule has 1 atom stereocenters. The fourth-order valence-electron chi connectivity index (χ4n) is 2.67. The summed E-state index contributed by atoms with van der Waals surface area (Å²) in [5.41, 5.74) is 2.77. The van der Waals surface area contributed by atoms with Crippen molar-refractivity contribution in [2.24, 2.45) is 0 Å². The highest BCUT2D eigenvalue weighted by Gasteiger charge is 2.24. The Morgan fingerprint density at radius 2 is 2.00 bits per heavy atom. The second-order valence-electron chi connectivity index (χ2n) is 5.58. The van der Waals surface area contributed by atoms with Crippen LogP contribution in [0.25, 0.3) is 0 Å². The minimum atomic E-state index is -0.222. The maximum absolute atomic E-state index is 11.6. The maximum Gasteiger partial charge on any atom is 0.341 e. The van der Waals surface area contributed by atoms with Crippen LogP contribution in [-0.4, -0.2) is 21.2 Å². The summed E-state index contributed by atoms with van der Waals surface area (Å²) >= 11 is 0. The molecule has 1 aromatic heterocycles. The van der Waals surface area contributed by atoms with Crippen molar-refractivity contribution >= 4 is 5.97 Å². The lowest BCUT2D eigenvalue weighted by Gasteiger charge is -2.21. The molecule has 0 amide bonds. The van der Waals surface area contributed by atoms with Gasteiger partial charge in [-0.15, -0.1) is 5.10 Å². The van der Waals surface area contributed by atoms with Crippen molar-refractivity contribution in [1.82, 2.24) is 15.2 Å². The molecule has 0 bridgehead atoms. The van der Waals surface area contributed by atoms with E-state index in [2.05, 4.69) is 15.2 Å². The van der Waals surface area contributed by atoms with Crippen LogP contribution in [0.4, 0.5) is 0 Å². The molecule has 0 spiro atoms. The molecule has 120 valence electrons. The predicted octanol–water partition coefficient (Wildman–Crippen LogP) is 3.20. The zero-order valence-electron chi connectivity index (χ0n) is 13.5. The Balaban J connectivity index is 1.86. The number of aromatic nitrogens is 3. The van der Waals surface area contributed by atoms with Crippen LogP contribution < -0.4 is 9.47 Å². The SMILES string of the molecule is CCc1nnc(Oc2ccc3c(c2)OC(=O)CC3C)nc1CC. The highest BCUT2D eigenvalue weighted by Crippen LogP contribution is 2.37. The number of esters is 1. The summed E-state index contributed by atoms with van der Waals surface area (Å²) < 4.78 is 11.0. The van der Waals surface area contributed by atoms with E-state index in [1.165, 1.54) is 0 Å². The molecule has 0 aliphatic carbocycles. The Bertz CT molecular complexity index is 746. The Kier molecular flexibility index (Phi) is 4.23. The minimum absolute atomic E-state index is 0.147. The molecule has 1 aliphatic rings. The average molecular weight is 313 g/mol. The Hall–Kier alpha value is -2.50. The lowest BCUT2D eigenvalue weighted by molar-refractivity contribution is -0.135. The van der Waals surface area contributed by atoms with Gasteiger partial charge in [0.15, 0.2) is 0 Å². The zero-order valence-corrected chi connectivity index (χ0v) is 13.5. The van der Waals surface area contributed by atoms with Crippen LogP contribution in [0.3, 0.4) is 0 Å². The van der Waals surface area contributed by atoms with Crippen LogP contribution in [0.1, 0.15) is 50.1 Å². The van der Waals surface area contributed by atoms with Gasteiger partial charge in [-0.3, -0.25) is 4.79 Å². The molecule has 2 heterocycles. The topological polar surface area (TPSA) is 74.2 Å². The van der Waals surface area contributed by atoms with E-state index in [1.54, 1.807) is 6.07 Å². The Morgan fingerprint density at radius 3 is 2.74 bits per heavy atom. The van der Waals surface area contributed by atoms with Gasteiger partial charge in [0.05, 0.1) is 17.8 Å². The summed E-state index contributed by atoms with van der Waals surface area (Å²) in [4.78, 5) is 16.0. The Labute approximate surface area is 134 Å². The van der Waals surface area contributed by atoms with E-state index < -0.39 is 0 Å². The number of carbonyl (C=O) groups excluding carboxylic acids is 1. The number of nitrogens with zero attached hydrogens (tertiary/aromatic N) is 3. The summed E-state index contributed by atoms with van der Waals surface area (Å²) in [6.07, 6.45) is 1.96. The van der Waals surface area contributed by atoms with Crippen molar-refractivity contribution in [1.29, 1.82) is 0 Å². The molecule has 1 aliphatic heterocycles. The van der Waals surface area contributed by atoms with Crippen LogP contribution in [0, 0.1) is 0 Å². The number of hydrogen-bond donors (Lipinski definition) is 0. The number of aryl methyl sites for hydroxylation is 2. The molecule has 0 N–H and O–H groups in total. The van der Waals surface area contributed by atoms with E-state index in [1.807, 2.05) is 32.9 Å². The van der Waals surface area contributed by atoms with E-state index in [9.17, 15) is 4.79 Å². The van der Waals surface area contributed by atoms with Gasteiger partial charge in [-0.2, -0.15) is 4.98 Å². The van der Waals surface area contributed by atoms with Gasteiger partial charge in [0.2, 0.25) is 0 Å². The number of hydrogen-bond acceptors (Lipinski definition) is 6. The first-order chi connectivity index (χ1) is 11.1. The van der Waals surface area contributed by atoms with Crippen molar-refractivity contribution in [3.8, 4) is 17.5 Å². The monoisotopic (exact) mass is 313 g/mol. The van der Waals surface area contributed by atoms with E-state index >= 15 is 0 Å². The second kappa shape index (κ2) is 6.32. The standard InChI is InChI=1S/C17H19N3O3/c1-4-13-14(5-2)19-20-17(18-13)22-11-6-7-12-10(3)8-16(21)23-15(12)9-11/h6-7,9-10H,4-5,8H2,1-3H3. The van der Waals surface area contributed by atoms with E-state index in [4.69, 9.17) is 9.47 Å². The first-order valence-corrected chi connectivity index (χ1v) is 7.85. The lowest BCUT2D eigenvalue weighted by Crippen LogP contribution is -2.18. The number of rotatable bonds is 4. The number of ether oxygens (including phenoxy) is 2. The molecule has 23 heavy (non-hydrogen) atoms. The van der Waals surface area contributed by atoms with Gasteiger partial charge in [-0.05, 0) is 30.4 Å². The highest BCUT2D eigenvalue weighted by molar-refractivity contribution is 5.76. The van der Waals surface area contributed by atoms with Crippen LogP contribution in [0.5, 0.6) is 17.5 Å². The summed E-state index contributed by atoms with van der Waals surface area (Å²) in [7, 11) is 0. The van der Waals surface area contributed by atoms with Gasteiger partial charge in [0.25, 0.3) is 0 Å². The molecule has 0 saturated carbocycles. The minimum Gasteiger partial charge on any atom is -0.426 e. The summed E-state index contributed by atoms with van der Waals surface area (Å²) in [5, 5.41) is 8.16. The first kappa shape index (κ1) is 15.4. The molecule has 0 radical (unpaired) electrons. The van der Waals surface area contributed by atoms with Crippen LogP contribution in [0.15, 0.2) is 18.2 Å². The smallest absolute Gasteiger partial charge is 0.341 e. The fraction of sp³-hybridized carbons (Fsp3) is 0.412. The van der Waals surface area contributed by atoms with Crippen molar-refractivity contribution in [3.05, 3.63) is 35.2 Å². The normalized spacial score (nSPS) is 16.7. The number of fused-ring (bicyclic) bond motifs is 1. The van der Waals surface area contributed by atoms with Gasteiger partial charge in [0.1, 0.15) is 11.5 Å². The van der Waals surface area contributed by atoms with Crippen molar-refractivity contribution in [2.75, 3.05) is 0 Å². The zero-order chi connectivity index (χ0) is 16.4. The van der Waals surface area contributed by atoms with Gasteiger partial charge >= 0.3 is 12.0 Å². The number of benzene rings is 1. The quantitative estimate of drug-likeness (QED) is 0.637. The van der Waals surface area contributed by atoms with Crippen LogP contribution in [-0.2, 0) is 17.6 Å². The summed E-state index contributed by atoms with van der Waals surface area (Å²) in [5.74, 6) is 0.994. The van der Waals surface area contributed by atoms with Gasteiger partial charge in [-0.25, -0.2) is 0 Å². The van der Waals surface area contributed by atoms with Gasteiger partial charge in [-0.1, -0.05) is 31.9 Å². The molecule has 3 rings (SSSR count). The Morgan fingerprint density at radius 1 is 1.22 bits per heavy atom. The largest absolute Gasteiger partial charge is 0.426 e. The molecule has 6 heteroatoms. The summed E-state index contributed by atoms with van der Waals surface area (Å²) in [6.45, 7) is 6.04. The van der Waals surface area contributed by atoms with Crippen molar-refractivity contribution in [3.63, 3.8) is 0 Å². The molecule has 1 unspecified atom stereocenters. The number of carbonyl (C=O) groups is 1. The molecule has 2 aromatic rings.